The molecule has 4 aliphatic carbocycles. The fourth-order valence-corrected chi connectivity index (χ4v) is 6.91. The largest absolute Gasteiger partial charge is 0.347 e. The molecule has 1 spiro atoms. The van der Waals surface area contributed by atoms with Crippen molar-refractivity contribution in [3.8, 4) is 0 Å². The molecule has 3 unspecified atom stereocenters. The van der Waals surface area contributed by atoms with E-state index >= 15 is 0 Å². The number of Topliss-reactive ketones (excluding diaryl/α,β-unsaturated/α-hetero) is 1. The van der Waals surface area contributed by atoms with Crippen LogP contribution in [0.25, 0.3) is 0 Å². The van der Waals surface area contributed by atoms with Crippen molar-refractivity contribution in [3.05, 3.63) is 23.8 Å². The van der Waals surface area contributed by atoms with Gasteiger partial charge in [0.1, 0.15) is 5.78 Å². The van der Waals surface area contributed by atoms with Crippen LogP contribution in [-0.4, -0.2) is 30.6 Å². The number of carbonyl (C=O) groups excluding carboxylic acids is 2. The standard InChI is InChI=1S/C21H26O4/c1-19-7-5-14(22)11-13(19)3-4-15-16-6-8-21(24-9-10-25-21)20(16,2)12-17(23)18(15)19/h5,7,11,15-16,18H,3-4,6,8-10,12H2,1-2H3/t15?,16-,18+,19?,20?/m0/s1. The molecule has 5 atom stereocenters. The van der Waals surface area contributed by atoms with Crippen molar-refractivity contribution in [2.45, 2.75) is 51.7 Å². The summed E-state index contributed by atoms with van der Waals surface area (Å²) in [5.74, 6) is 0.652. The van der Waals surface area contributed by atoms with Crippen LogP contribution >= 0.6 is 0 Å². The Hall–Kier alpha value is -1.26. The monoisotopic (exact) mass is 342 g/mol. The third-order valence-electron chi connectivity index (χ3n) is 8.06. The van der Waals surface area contributed by atoms with E-state index in [1.165, 1.54) is 0 Å². The lowest BCUT2D eigenvalue weighted by atomic mass is 9.47. The molecule has 0 aromatic heterocycles. The molecule has 1 saturated heterocycles. The van der Waals surface area contributed by atoms with E-state index in [9.17, 15) is 9.59 Å². The summed E-state index contributed by atoms with van der Waals surface area (Å²) in [6, 6.07) is 0. The van der Waals surface area contributed by atoms with Gasteiger partial charge < -0.3 is 9.47 Å². The van der Waals surface area contributed by atoms with E-state index in [0.29, 0.717) is 37.3 Å². The van der Waals surface area contributed by atoms with E-state index in [1.807, 2.05) is 6.08 Å². The minimum absolute atomic E-state index is 0.00789. The quantitative estimate of drug-likeness (QED) is 0.678. The Morgan fingerprint density at radius 3 is 2.64 bits per heavy atom. The maximum absolute atomic E-state index is 13.4. The Morgan fingerprint density at radius 1 is 1.12 bits per heavy atom. The van der Waals surface area contributed by atoms with Crippen molar-refractivity contribution >= 4 is 11.6 Å². The molecule has 5 rings (SSSR count). The molecule has 4 nitrogen and oxygen atoms in total. The first-order valence-electron chi connectivity index (χ1n) is 9.65. The summed E-state index contributed by atoms with van der Waals surface area (Å²) in [7, 11) is 0. The number of hydrogen-bond donors (Lipinski definition) is 0. The van der Waals surface area contributed by atoms with E-state index in [-0.39, 0.29) is 22.5 Å². The summed E-state index contributed by atoms with van der Waals surface area (Å²) in [4.78, 5) is 25.2. The van der Waals surface area contributed by atoms with Gasteiger partial charge in [0.2, 0.25) is 0 Å². The molecule has 4 heteroatoms. The number of carbonyl (C=O) groups is 2. The second-order valence-electron chi connectivity index (χ2n) is 9.02. The highest BCUT2D eigenvalue weighted by atomic mass is 16.7. The van der Waals surface area contributed by atoms with Crippen LogP contribution < -0.4 is 0 Å². The Bertz CT molecular complexity index is 713. The van der Waals surface area contributed by atoms with Crippen LogP contribution in [0.4, 0.5) is 0 Å². The summed E-state index contributed by atoms with van der Waals surface area (Å²) < 4.78 is 12.2. The van der Waals surface area contributed by atoms with Crippen molar-refractivity contribution in [2.75, 3.05) is 13.2 Å². The molecule has 0 amide bonds. The fraction of sp³-hybridized carbons (Fsp3) is 0.714. The van der Waals surface area contributed by atoms with E-state index in [4.69, 9.17) is 9.47 Å². The zero-order valence-corrected chi connectivity index (χ0v) is 15.0. The SMILES string of the molecule is CC12C=CC(=O)C=C1CCC1[C@@H]2C(=O)CC2(C)[C@H]1CCC21OCCO1. The van der Waals surface area contributed by atoms with Gasteiger partial charge in [-0.3, -0.25) is 9.59 Å². The molecule has 0 N–H and O–H groups in total. The van der Waals surface area contributed by atoms with Gasteiger partial charge in [-0.05, 0) is 43.3 Å². The minimum atomic E-state index is -0.548. The maximum Gasteiger partial charge on any atom is 0.178 e. The summed E-state index contributed by atoms with van der Waals surface area (Å²) in [5.41, 5.74) is 0.648. The number of ether oxygens (including phenoxy) is 2. The number of hydrogen-bond acceptors (Lipinski definition) is 4. The zero-order chi connectivity index (χ0) is 17.4. The van der Waals surface area contributed by atoms with Crippen LogP contribution in [0.2, 0.25) is 0 Å². The van der Waals surface area contributed by atoms with E-state index in [1.54, 1.807) is 12.2 Å². The lowest BCUT2D eigenvalue weighted by Gasteiger charge is -2.56. The maximum atomic E-state index is 13.4. The average Bonchev–Trinajstić information content (AvgIpc) is 3.15. The smallest absolute Gasteiger partial charge is 0.178 e. The highest BCUT2D eigenvalue weighted by molar-refractivity contribution is 6.01. The third kappa shape index (κ3) is 1.85. The second-order valence-corrected chi connectivity index (χ2v) is 9.02. The molecule has 25 heavy (non-hydrogen) atoms. The highest BCUT2D eigenvalue weighted by Crippen LogP contribution is 2.67. The van der Waals surface area contributed by atoms with Crippen LogP contribution in [0.1, 0.15) is 46.0 Å². The number of rotatable bonds is 0. The summed E-state index contributed by atoms with van der Waals surface area (Å²) in [6.07, 6.45) is 9.86. The van der Waals surface area contributed by atoms with Crippen molar-refractivity contribution < 1.29 is 19.1 Å². The molecule has 134 valence electrons. The molecule has 3 saturated carbocycles. The fourth-order valence-electron chi connectivity index (χ4n) is 6.91. The van der Waals surface area contributed by atoms with Crippen LogP contribution in [0, 0.1) is 28.6 Å². The van der Waals surface area contributed by atoms with Crippen molar-refractivity contribution in [1.29, 1.82) is 0 Å². The first-order chi connectivity index (χ1) is 11.9. The summed E-state index contributed by atoms with van der Waals surface area (Å²) >= 11 is 0. The summed E-state index contributed by atoms with van der Waals surface area (Å²) in [5, 5.41) is 0. The molecule has 1 aliphatic heterocycles. The van der Waals surface area contributed by atoms with Gasteiger partial charge in [-0.25, -0.2) is 0 Å². The lowest BCUT2D eigenvalue weighted by molar-refractivity contribution is -0.238. The predicted octanol–water partition coefficient (Wildman–Crippen LogP) is 3.22. The van der Waals surface area contributed by atoms with E-state index in [2.05, 4.69) is 13.8 Å². The van der Waals surface area contributed by atoms with Gasteiger partial charge in [-0.15, -0.1) is 0 Å². The van der Waals surface area contributed by atoms with Gasteiger partial charge in [0.25, 0.3) is 0 Å². The second kappa shape index (κ2) is 4.92. The molecule has 0 bridgehead atoms. The highest BCUT2D eigenvalue weighted by Gasteiger charge is 2.68. The van der Waals surface area contributed by atoms with E-state index < -0.39 is 5.79 Å². The predicted molar refractivity (Wildman–Crippen MR) is 91.6 cm³/mol. The van der Waals surface area contributed by atoms with Crippen molar-refractivity contribution in [3.63, 3.8) is 0 Å². The molecule has 0 radical (unpaired) electrons. The van der Waals surface area contributed by atoms with Crippen LogP contribution in [0.15, 0.2) is 23.8 Å². The van der Waals surface area contributed by atoms with E-state index in [0.717, 1.165) is 31.3 Å². The number of fused-ring (bicyclic) bond motifs is 6. The van der Waals surface area contributed by atoms with Gasteiger partial charge in [-0.2, -0.15) is 0 Å². The Morgan fingerprint density at radius 2 is 1.88 bits per heavy atom. The molecular weight excluding hydrogens is 316 g/mol. The Labute approximate surface area is 148 Å². The molecule has 1 heterocycles. The minimum Gasteiger partial charge on any atom is -0.347 e. The Kier molecular flexibility index (Phi) is 3.14. The van der Waals surface area contributed by atoms with Gasteiger partial charge in [0, 0.05) is 29.6 Å². The number of ketones is 2. The number of allylic oxidation sites excluding steroid dienone is 4. The van der Waals surface area contributed by atoms with Crippen molar-refractivity contribution in [2.24, 2.45) is 28.6 Å². The molecule has 0 aromatic rings. The van der Waals surface area contributed by atoms with Crippen LogP contribution in [0.3, 0.4) is 0 Å². The zero-order valence-electron chi connectivity index (χ0n) is 15.0. The van der Waals surface area contributed by atoms with Gasteiger partial charge in [0.15, 0.2) is 11.6 Å². The normalized spacial score (nSPS) is 47.4. The lowest BCUT2D eigenvalue weighted by Crippen LogP contribution is -2.58. The third-order valence-corrected chi connectivity index (χ3v) is 8.06. The van der Waals surface area contributed by atoms with Gasteiger partial charge in [-0.1, -0.05) is 25.5 Å². The van der Waals surface area contributed by atoms with Crippen LogP contribution in [-0.2, 0) is 19.1 Å². The van der Waals surface area contributed by atoms with Gasteiger partial charge >= 0.3 is 0 Å². The Balaban J connectivity index is 1.56. The molecular formula is C21H26O4. The first kappa shape index (κ1) is 16.0. The summed E-state index contributed by atoms with van der Waals surface area (Å²) in [6.45, 7) is 5.66. The van der Waals surface area contributed by atoms with Crippen molar-refractivity contribution in [1.82, 2.24) is 0 Å². The average molecular weight is 342 g/mol. The van der Waals surface area contributed by atoms with Crippen LogP contribution in [0.5, 0.6) is 0 Å². The van der Waals surface area contributed by atoms with Gasteiger partial charge in [0.05, 0.1) is 13.2 Å². The topological polar surface area (TPSA) is 52.6 Å². The molecule has 4 fully saturated rings. The molecule has 0 aromatic carbocycles. The molecule has 5 aliphatic rings. The first-order valence-corrected chi connectivity index (χ1v) is 9.65.